The van der Waals surface area contributed by atoms with Crippen LogP contribution in [0.25, 0.3) is 0 Å². The Morgan fingerprint density at radius 3 is 2.31 bits per heavy atom. The van der Waals surface area contributed by atoms with Crippen LogP contribution in [0.1, 0.15) is 33.6 Å². The molecule has 0 aromatic carbocycles. The fourth-order valence-electron chi connectivity index (χ4n) is 2.23. The summed E-state index contributed by atoms with van der Waals surface area (Å²) in [6, 6.07) is 0. The summed E-state index contributed by atoms with van der Waals surface area (Å²) >= 11 is 3.44. The molecular weight excluding hydrogens is 232 g/mol. The number of alkyl halides is 1. The summed E-state index contributed by atoms with van der Waals surface area (Å²) in [6.45, 7) is 5.87. The Hall–Kier alpha value is -0.0500. The van der Waals surface area contributed by atoms with Crippen LogP contribution in [0.5, 0.6) is 0 Å². The van der Waals surface area contributed by atoms with Gasteiger partial charge in [0.15, 0.2) is 0 Å². The van der Waals surface area contributed by atoms with E-state index in [0.717, 1.165) is 18.2 Å². The van der Waals surface area contributed by atoms with Gasteiger partial charge in [-0.1, -0.05) is 36.7 Å². The van der Waals surface area contributed by atoms with E-state index in [9.17, 15) is 9.90 Å². The van der Waals surface area contributed by atoms with Gasteiger partial charge in [0.05, 0.1) is 0 Å². The molecule has 0 unspecified atom stereocenters. The molecule has 2 atom stereocenters. The Labute approximate surface area is 87.8 Å². The van der Waals surface area contributed by atoms with Gasteiger partial charge in [0.2, 0.25) is 0 Å². The van der Waals surface area contributed by atoms with Gasteiger partial charge >= 0.3 is 0 Å². The van der Waals surface area contributed by atoms with Gasteiger partial charge in [-0.2, -0.15) is 0 Å². The minimum absolute atomic E-state index is 0.171. The van der Waals surface area contributed by atoms with E-state index in [2.05, 4.69) is 15.9 Å². The molecule has 3 heteroatoms. The zero-order chi connectivity index (χ0) is 10.3. The third kappa shape index (κ3) is 1.41. The lowest BCUT2D eigenvalue weighted by Crippen LogP contribution is -2.48. The molecule has 1 aliphatic carbocycles. The minimum atomic E-state index is -0.902. The molecule has 0 radical (unpaired) electrons. The van der Waals surface area contributed by atoms with E-state index < -0.39 is 11.4 Å². The van der Waals surface area contributed by atoms with E-state index in [4.69, 9.17) is 0 Å². The number of carboxylic acid groups (broad SMARTS) is 1. The molecule has 1 rings (SSSR count). The molecule has 2 nitrogen and oxygen atoms in total. The van der Waals surface area contributed by atoms with Crippen LogP contribution in [0.2, 0.25) is 0 Å². The number of halogens is 1. The molecule has 0 aliphatic heterocycles. The summed E-state index contributed by atoms with van der Waals surface area (Å²) in [5.74, 6) is -0.462. The van der Waals surface area contributed by atoms with Crippen LogP contribution in [0.3, 0.4) is 0 Å². The predicted molar refractivity (Wildman–Crippen MR) is 53.4 cm³/mol. The largest absolute Gasteiger partial charge is 0.550 e. The summed E-state index contributed by atoms with van der Waals surface area (Å²) in [5, 5.41) is 12.0. The van der Waals surface area contributed by atoms with Crippen molar-refractivity contribution in [1.29, 1.82) is 0 Å². The Kier molecular flexibility index (Phi) is 2.77. The first-order valence-corrected chi connectivity index (χ1v) is 5.76. The van der Waals surface area contributed by atoms with Gasteiger partial charge < -0.3 is 9.90 Å². The number of rotatable bonds is 2. The van der Waals surface area contributed by atoms with Crippen LogP contribution in [-0.2, 0) is 4.79 Å². The standard InChI is InChI=1S/C10H17BrO2/c1-9(2)7(6-11)4-5-10(9,3)8(12)13/h7H,4-6H2,1-3H3,(H,12,13)/p-1/t7-,10+/m0/s1. The minimum Gasteiger partial charge on any atom is -0.550 e. The average molecular weight is 248 g/mol. The highest BCUT2D eigenvalue weighted by Gasteiger charge is 2.51. The second kappa shape index (κ2) is 3.26. The maximum absolute atomic E-state index is 11.1. The maximum Gasteiger partial charge on any atom is 0.0478 e. The number of carbonyl (C=O) groups excluding carboxylic acids is 1. The Morgan fingerprint density at radius 2 is 2.08 bits per heavy atom. The fourth-order valence-corrected chi connectivity index (χ4v) is 3.36. The smallest absolute Gasteiger partial charge is 0.0478 e. The predicted octanol–water partition coefficient (Wildman–Crippen LogP) is 1.57. The molecule has 1 aliphatic rings. The summed E-state index contributed by atoms with van der Waals surface area (Å²) in [7, 11) is 0. The normalized spacial score (nSPS) is 37.7. The molecule has 0 N–H and O–H groups in total. The van der Waals surface area contributed by atoms with Gasteiger partial charge in [0, 0.05) is 16.7 Å². The quantitative estimate of drug-likeness (QED) is 0.696. The SMILES string of the molecule is CC1(C)[C@H](CBr)CC[C@]1(C)C(=O)[O-]. The second-order valence-corrected chi connectivity index (χ2v) is 5.38. The van der Waals surface area contributed by atoms with Crippen molar-refractivity contribution in [2.24, 2.45) is 16.7 Å². The van der Waals surface area contributed by atoms with Gasteiger partial charge in [-0.15, -0.1) is 0 Å². The van der Waals surface area contributed by atoms with Crippen molar-refractivity contribution in [2.75, 3.05) is 5.33 Å². The lowest BCUT2D eigenvalue weighted by molar-refractivity contribution is -0.323. The Morgan fingerprint density at radius 1 is 1.54 bits per heavy atom. The highest BCUT2D eigenvalue weighted by Crippen LogP contribution is 2.55. The van der Waals surface area contributed by atoms with Crippen molar-refractivity contribution in [1.82, 2.24) is 0 Å². The van der Waals surface area contributed by atoms with E-state index >= 15 is 0 Å². The number of carbonyl (C=O) groups is 1. The molecular formula is C10H16BrO2-. The Bertz CT molecular complexity index is 225. The summed E-state index contributed by atoms with van der Waals surface area (Å²) < 4.78 is 0. The van der Waals surface area contributed by atoms with Crippen molar-refractivity contribution in [3.8, 4) is 0 Å². The molecule has 0 amide bonds. The number of aliphatic carboxylic acids is 1. The number of hydrogen-bond acceptors (Lipinski definition) is 2. The fraction of sp³-hybridized carbons (Fsp3) is 0.900. The van der Waals surface area contributed by atoms with Crippen molar-refractivity contribution in [2.45, 2.75) is 33.6 Å². The molecule has 0 spiro atoms. The van der Waals surface area contributed by atoms with Crippen molar-refractivity contribution >= 4 is 21.9 Å². The van der Waals surface area contributed by atoms with Crippen molar-refractivity contribution < 1.29 is 9.90 Å². The van der Waals surface area contributed by atoms with Crippen LogP contribution in [0.4, 0.5) is 0 Å². The first-order chi connectivity index (χ1) is 5.86. The van der Waals surface area contributed by atoms with Crippen LogP contribution >= 0.6 is 15.9 Å². The molecule has 13 heavy (non-hydrogen) atoms. The van der Waals surface area contributed by atoms with E-state index in [0.29, 0.717) is 5.92 Å². The van der Waals surface area contributed by atoms with Crippen LogP contribution < -0.4 is 5.11 Å². The second-order valence-electron chi connectivity index (χ2n) is 4.73. The third-order valence-electron chi connectivity index (χ3n) is 4.07. The van der Waals surface area contributed by atoms with E-state index in [1.165, 1.54) is 0 Å². The Balaban J connectivity index is 2.99. The van der Waals surface area contributed by atoms with E-state index in [1.54, 1.807) is 0 Å². The monoisotopic (exact) mass is 247 g/mol. The third-order valence-corrected chi connectivity index (χ3v) is 4.85. The van der Waals surface area contributed by atoms with Gasteiger partial charge in [-0.25, -0.2) is 0 Å². The van der Waals surface area contributed by atoms with Gasteiger partial charge in [0.1, 0.15) is 0 Å². The molecule has 0 aromatic rings. The van der Waals surface area contributed by atoms with Crippen LogP contribution in [0.15, 0.2) is 0 Å². The zero-order valence-electron chi connectivity index (χ0n) is 8.39. The summed E-state index contributed by atoms with van der Waals surface area (Å²) in [4.78, 5) is 11.1. The number of carboxylic acids is 1. The van der Waals surface area contributed by atoms with E-state index in [-0.39, 0.29) is 5.41 Å². The maximum atomic E-state index is 11.1. The van der Waals surface area contributed by atoms with Crippen molar-refractivity contribution in [3.05, 3.63) is 0 Å². The van der Waals surface area contributed by atoms with Crippen LogP contribution in [-0.4, -0.2) is 11.3 Å². The summed E-state index contributed by atoms with van der Waals surface area (Å²) in [6.07, 6.45) is 1.71. The molecule has 0 saturated heterocycles. The summed E-state index contributed by atoms with van der Waals surface area (Å²) in [5.41, 5.74) is -0.833. The van der Waals surface area contributed by atoms with Gasteiger partial charge in [0.25, 0.3) is 0 Å². The van der Waals surface area contributed by atoms with Crippen LogP contribution in [0, 0.1) is 16.7 Å². The topological polar surface area (TPSA) is 40.1 Å². The van der Waals surface area contributed by atoms with E-state index in [1.807, 2.05) is 20.8 Å². The molecule has 76 valence electrons. The molecule has 1 saturated carbocycles. The molecule has 0 aromatic heterocycles. The highest BCUT2D eigenvalue weighted by molar-refractivity contribution is 9.09. The zero-order valence-corrected chi connectivity index (χ0v) is 9.98. The molecule has 1 fully saturated rings. The molecule has 0 heterocycles. The van der Waals surface area contributed by atoms with Gasteiger partial charge in [-0.05, 0) is 24.2 Å². The molecule has 0 bridgehead atoms. The lowest BCUT2D eigenvalue weighted by atomic mass is 9.66. The van der Waals surface area contributed by atoms with Crippen molar-refractivity contribution in [3.63, 3.8) is 0 Å². The first-order valence-electron chi connectivity index (χ1n) is 4.63. The lowest BCUT2D eigenvalue weighted by Gasteiger charge is -2.42. The highest BCUT2D eigenvalue weighted by atomic mass is 79.9. The number of hydrogen-bond donors (Lipinski definition) is 0. The first kappa shape index (κ1) is 11.0. The average Bonchev–Trinajstić information content (AvgIpc) is 2.25. The van der Waals surface area contributed by atoms with Gasteiger partial charge in [-0.3, -0.25) is 0 Å².